The standard InChI is InChI=1S/C6H8Br.Li/c7-5-6-3-1-2-4-6;/h1-4H2;/q-1;+1. The minimum absolute atomic E-state index is 0. The fourth-order valence-corrected chi connectivity index (χ4v) is 1.29. The summed E-state index contributed by atoms with van der Waals surface area (Å²) in [6.07, 6.45) is 5.28. The first kappa shape index (κ1) is 8.82. The molecule has 2 heteroatoms. The molecule has 0 heterocycles. The summed E-state index contributed by atoms with van der Waals surface area (Å²) in [4.78, 5) is 2.99. The second kappa shape index (κ2) is 4.67. The van der Waals surface area contributed by atoms with Crippen molar-refractivity contribution in [3.05, 3.63) is 10.6 Å². The summed E-state index contributed by atoms with van der Waals surface area (Å²) in [6.45, 7) is 0. The molecule has 1 aliphatic carbocycles. The fraction of sp³-hybridized carbons (Fsp3) is 0.667. The predicted molar refractivity (Wildman–Crippen MR) is 34.2 cm³/mol. The van der Waals surface area contributed by atoms with Crippen LogP contribution in [-0.2, 0) is 0 Å². The van der Waals surface area contributed by atoms with Crippen LogP contribution >= 0.6 is 15.9 Å². The Hall–Kier alpha value is 0.817. The summed E-state index contributed by atoms with van der Waals surface area (Å²) in [5, 5.41) is 0. The molecule has 8 heavy (non-hydrogen) atoms. The number of allylic oxidation sites excluding steroid dienone is 1. The summed E-state index contributed by atoms with van der Waals surface area (Å²) in [5.41, 5.74) is 1.46. The Bertz CT molecular complexity index is 80.5. The molecule has 0 spiro atoms. The van der Waals surface area contributed by atoms with Crippen LogP contribution in [0.3, 0.4) is 0 Å². The van der Waals surface area contributed by atoms with Gasteiger partial charge in [0.25, 0.3) is 0 Å². The van der Waals surface area contributed by atoms with Gasteiger partial charge in [-0.3, -0.25) is 0 Å². The van der Waals surface area contributed by atoms with Crippen molar-refractivity contribution in [2.45, 2.75) is 25.7 Å². The van der Waals surface area contributed by atoms with E-state index in [2.05, 4.69) is 20.9 Å². The zero-order chi connectivity index (χ0) is 5.11. The Morgan fingerprint density at radius 2 is 1.75 bits per heavy atom. The summed E-state index contributed by atoms with van der Waals surface area (Å²) in [7, 11) is 0. The Labute approximate surface area is 71.0 Å². The van der Waals surface area contributed by atoms with E-state index in [-0.39, 0.29) is 18.9 Å². The SMILES string of the molecule is Br[C-]=C1CCCC1.[Li+]. The quantitative estimate of drug-likeness (QED) is 0.341. The molecule has 0 saturated heterocycles. The van der Waals surface area contributed by atoms with E-state index >= 15 is 0 Å². The molecule has 0 unspecified atom stereocenters. The Morgan fingerprint density at radius 1 is 1.25 bits per heavy atom. The van der Waals surface area contributed by atoms with E-state index in [1.54, 1.807) is 0 Å². The molecule has 0 amide bonds. The fourth-order valence-electron chi connectivity index (χ4n) is 0.896. The van der Waals surface area contributed by atoms with Crippen molar-refractivity contribution in [2.75, 3.05) is 0 Å². The van der Waals surface area contributed by atoms with Gasteiger partial charge in [0.2, 0.25) is 0 Å². The first-order valence-corrected chi connectivity index (χ1v) is 3.44. The van der Waals surface area contributed by atoms with Gasteiger partial charge >= 0.3 is 18.9 Å². The van der Waals surface area contributed by atoms with Crippen LogP contribution in [-0.4, -0.2) is 0 Å². The van der Waals surface area contributed by atoms with E-state index in [0.29, 0.717) is 0 Å². The van der Waals surface area contributed by atoms with Crippen molar-refractivity contribution in [2.24, 2.45) is 0 Å². The van der Waals surface area contributed by atoms with E-state index in [9.17, 15) is 0 Å². The number of hydrogen-bond acceptors (Lipinski definition) is 0. The molecule has 0 aliphatic heterocycles. The summed E-state index contributed by atoms with van der Waals surface area (Å²) in [5.74, 6) is 0. The van der Waals surface area contributed by atoms with Gasteiger partial charge in [0.15, 0.2) is 0 Å². The second-order valence-electron chi connectivity index (χ2n) is 1.91. The van der Waals surface area contributed by atoms with E-state index in [4.69, 9.17) is 0 Å². The van der Waals surface area contributed by atoms with Crippen LogP contribution in [0, 0.1) is 4.99 Å². The van der Waals surface area contributed by atoms with Crippen molar-refractivity contribution >= 4 is 15.9 Å². The largest absolute Gasteiger partial charge is 1.00 e. The van der Waals surface area contributed by atoms with Gasteiger partial charge < -0.3 is 20.9 Å². The van der Waals surface area contributed by atoms with Crippen LogP contribution in [0.4, 0.5) is 0 Å². The topological polar surface area (TPSA) is 0 Å². The average molecular weight is 167 g/mol. The maximum atomic E-state index is 3.19. The molecule has 1 fully saturated rings. The van der Waals surface area contributed by atoms with Crippen molar-refractivity contribution in [1.29, 1.82) is 0 Å². The van der Waals surface area contributed by atoms with E-state index in [1.165, 1.54) is 31.3 Å². The minimum atomic E-state index is 0. The maximum absolute atomic E-state index is 3.19. The smallest absolute Gasteiger partial charge is 0.423 e. The first-order valence-electron chi connectivity index (χ1n) is 2.65. The summed E-state index contributed by atoms with van der Waals surface area (Å²) >= 11 is 3.19. The van der Waals surface area contributed by atoms with Crippen molar-refractivity contribution < 1.29 is 18.9 Å². The van der Waals surface area contributed by atoms with Crippen LogP contribution in [0.1, 0.15) is 25.7 Å². The third-order valence-corrected chi connectivity index (χ3v) is 1.90. The molecule has 0 aromatic heterocycles. The molecule has 0 radical (unpaired) electrons. The Balaban J connectivity index is 0.000000490. The monoisotopic (exact) mass is 166 g/mol. The average Bonchev–Trinajstić information content (AvgIpc) is 2.14. The van der Waals surface area contributed by atoms with E-state index in [0.717, 1.165) is 0 Å². The minimum Gasteiger partial charge on any atom is -0.423 e. The third-order valence-electron chi connectivity index (χ3n) is 1.34. The van der Waals surface area contributed by atoms with E-state index < -0.39 is 0 Å². The summed E-state index contributed by atoms with van der Waals surface area (Å²) in [6, 6.07) is 0. The Kier molecular flexibility index (Phi) is 5.15. The van der Waals surface area contributed by atoms with Gasteiger partial charge in [0.05, 0.1) is 0 Å². The van der Waals surface area contributed by atoms with Gasteiger partial charge in [-0.2, -0.15) is 0 Å². The van der Waals surface area contributed by atoms with Gasteiger partial charge in [0, 0.05) is 0 Å². The second-order valence-corrected chi connectivity index (χ2v) is 2.30. The summed E-state index contributed by atoms with van der Waals surface area (Å²) < 4.78 is 0. The van der Waals surface area contributed by atoms with Crippen LogP contribution < -0.4 is 18.9 Å². The van der Waals surface area contributed by atoms with Crippen molar-refractivity contribution in [3.63, 3.8) is 0 Å². The van der Waals surface area contributed by atoms with Gasteiger partial charge in [-0.05, 0) is 0 Å². The molecule has 1 saturated carbocycles. The van der Waals surface area contributed by atoms with Gasteiger partial charge in [-0.15, -0.1) is 0 Å². The van der Waals surface area contributed by atoms with Crippen molar-refractivity contribution in [3.8, 4) is 0 Å². The van der Waals surface area contributed by atoms with Crippen LogP contribution in [0.25, 0.3) is 0 Å². The molecule has 1 aliphatic rings. The normalized spacial score (nSPS) is 17.9. The van der Waals surface area contributed by atoms with Gasteiger partial charge in [-0.25, -0.2) is 5.57 Å². The molecule has 0 atom stereocenters. The van der Waals surface area contributed by atoms with Gasteiger partial charge in [0.1, 0.15) is 0 Å². The molecule has 1 rings (SSSR count). The molecule has 40 valence electrons. The molecular formula is C6H8BrLi. The molecule has 0 aromatic carbocycles. The number of halogens is 1. The van der Waals surface area contributed by atoms with Gasteiger partial charge in [-0.1, -0.05) is 25.7 Å². The molecule has 0 aromatic rings. The first-order chi connectivity index (χ1) is 3.43. The molecule has 0 nitrogen and oxygen atoms in total. The number of hydrogen-bond donors (Lipinski definition) is 0. The Morgan fingerprint density at radius 3 is 2.00 bits per heavy atom. The number of rotatable bonds is 0. The molecule has 0 bridgehead atoms. The van der Waals surface area contributed by atoms with Crippen LogP contribution in [0.5, 0.6) is 0 Å². The van der Waals surface area contributed by atoms with Crippen molar-refractivity contribution in [1.82, 2.24) is 0 Å². The van der Waals surface area contributed by atoms with Crippen LogP contribution in [0.15, 0.2) is 5.57 Å². The van der Waals surface area contributed by atoms with E-state index in [1.807, 2.05) is 0 Å². The third kappa shape index (κ3) is 2.39. The maximum Gasteiger partial charge on any atom is 1.00 e. The zero-order valence-corrected chi connectivity index (χ0v) is 6.79. The van der Waals surface area contributed by atoms with Crippen LogP contribution in [0.2, 0.25) is 0 Å². The zero-order valence-electron chi connectivity index (χ0n) is 5.21. The molecular weight excluding hydrogens is 159 g/mol. The molecule has 0 N–H and O–H groups in total. The predicted octanol–water partition coefficient (Wildman–Crippen LogP) is -0.354.